The van der Waals surface area contributed by atoms with Gasteiger partial charge in [0, 0.05) is 44.0 Å². The highest BCUT2D eigenvalue weighted by Gasteiger charge is 2.51. The first kappa shape index (κ1) is 26.1. The van der Waals surface area contributed by atoms with Crippen molar-refractivity contribution in [1.29, 1.82) is 0 Å². The number of sulfone groups is 1. The van der Waals surface area contributed by atoms with E-state index in [4.69, 9.17) is 14.6 Å². The summed E-state index contributed by atoms with van der Waals surface area (Å²) in [4.78, 5) is 28.0. The average Bonchev–Trinajstić information content (AvgIpc) is 3.54. The quantitative estimate of drug-likeness (QED) is 0.538. The Morgan fingerprint density at radius 3 is 2.43 bits per heavy atom. The van der Waals surface area contributed by atoms with Gasteiger partial charge in [-0.15, -0.1) is 0 Å². The molecule has 14 heteroatoms. The van der Waals surface area contributed by atoms with Gasteiger partial charge in [0.25, 0.3) is 5.91 Å². The fraction of sp³-hybridized carbons (Fsp3) is 0.304. The number of alkyl halides is 3. The van der Waals surface area contributed by atoms with E-state index < -0.39 is 27.2 Å². The summed E-state index contributed by atoms with van der Waals surface area (Å²) in [5.41, 5.74) is 2.83. The maximum atomic E-state index is 13.2. The molecule has 0 radical (unpaired) electrons. The molecular weight excluding hydrogens is 517 g/mol. The molecule has 0 spiro atoms. The van der Waals surface area contributed by atoms with Crippen molar-refractivity contribution in [3.05, 3.63) is 60.0 Å². The standard InChI is InChI=1S/C21H20N4O4S.C2HF3O2/c1-24-17(7-9-23-24)21(26)25-11-16-15-10-13(14-4-3-8-22-20(14)29-2)5-6-18(15)30(27,28)19(16)12-25;3-2(4,5)1(6)7/h3-10,16,19H,11-12H2,1-2H3;(H,6,7). The third kappa shape index (κ3) is 4.75. The lowest BCUT2D eigenvalue weighted by Crippen LogP contribution is -2.32. The number of hydrogen-bond acceptors (Lipinski definition) is 7. The molecule has 1 amide bonds. The number of carbonyl (C=O) groups is 2. The van der Waals surface area contributed by atoms with Crippen molar-refractivity contribution in [2.45, 2.75) is 22.2 Å². The van der Waals surface area contributed by atoms with Crippen LogP contribution in [0.1, 0.15) is 22.0 Å². The van der Waals surface area contributed by atoms with Crippen molar-refractivity contribution >= 4 is 21.7 Å². The van der Waals surface area contributed by atoms with Crippen LogP contribution in [0.4, 0.5) is 13.2 Å². The summed E-state index contributed by atoms with van der Waals surface area (Å²) in [7, 11) is -0.254. The number of carboxylic acids is 1. The van der Waals surface area contributed by atoms with Gasteiger partial charge in [-0.3, -0.25) is 9.48 Å². The SMILES string of the molecule is COc1ncccc1-c1ccc2c(c1)C1CN(C(=O)c3ccnn3C)CC1S2(=O)=O.O=C(O)C(F)(F)F. The van der Waals surface area contributed by atoms with Crippen LogP contribution in [-0.2, 0) is 21.7 Å². The van der Waals surface area contributed by atoms with Gasteiger partial charge in [-0.05, 0) is 41.5 Å². The number of hydrogen-bond donors (Lipinski definition) is 1. The van der Waals surface area contributed by atoms with E-state index in [1.54, 1.807) is 49.7 Å². The predicted molar refractivity (Wildman–Crippen MR) is 123 cm³/mol. The van der Waals surface area contributed by atoms with Crippen LogP contribution in [0.3, 0.4) is 0 Å². The van der Waals surface area contributed by atoms with Crippen molar-refractivity contribution in [2.75, 3.05) is 20.2 Å². The smallest absolute Gasteiger partial charge is 0.481 e. The maximum absolute atomic E-state index is 13.2. The number of halogens is 3. The monoisotopic (exact) mass is 538 g/mol. The number of nitrogens with zero attached hydrogens (tertiary/aromatic N) is 4. The third-order valence-electron chi connectivity index (χ3n) is 6.23. The molecule has 2 aliphatic rings. The Morgan fingerprint density at radius 1 is 1.14 bits per heavy atom. The number of fused-ring (bicyclic) bond motifs is 3. The van der Waals surface area contributed by atoms with Crippen LogP contribution in [0.25, 0.3) is 11.1 Å². The van der Waals surface area contributed by atoms with E-state index in [0.29, 0.717) is 23.0 Å². The van der Waals surface area contributed by atoms with Crippen LogP contribution >= 0.6 is 0 Å². The number of carbonyl (C=O) groups excluding carboxylic acids is 1. The highest BCUT2D eigenvalue weighted by atomic mass is 32.2. The summed E-state index contributed by atoms with van der Waals surface area (Å²) in [6.07, 6.45) is -1.88. The van der Waals surface area contributed by atoms with E-state index >= 15 is 0 Å². The zero-order valence-corrected chi connectivity index (χ0v) is 20.3. The molecule has 3 aromatic rings. The number of aliphatic carboxylic acids is 1. The molecule has 196 valence electrons. The van der Waals surface area contributed by atoms with Gasteiger partial charge in [-0.2, -0.15) is 18.3 Å². The number of aromatic nitrogens is 3. The summed E-state index contributed by atoms with van der Waals surface area (Å²) in [5, 5.41) is 10.5. The van der Waals surface area contributed by atoms with E-state index in [1.807, 2.05) is 18.2 Å². The lowest BCUT2D eigenvalue weighted by atomic mass is 9.95. The van der Waals surface area contributed by atoms with Crippen molar-refractivity contribution in [3.8, 4) is 17.0 Å². The molecule has 4 heterocycles. The maximum Gasteiger partial charge on any atom is 0.490 e. The number of carboxylic acid groups (broad SMARTS) is 1. The first-order valence-corrected chi connectivity index (χ1v) is 12.4. The normalized spacial score (nSPS) is 19.4. The number of benzene rings is 1. The molecule has 1 aromatic carbocycles. The fourth-order valence-corrected chi connectivity index (χ4v) is 6.66. The summed E-state index contributed by atoms with van der Waals surface area (Å²) >= 11 is 0. The Morgan fingerprint density at radius 2 is 1.84 bits per heavy atom. The summed E-state index contributed by atoms with van der Waals surface area (Å²) in [6.45, 7) is 0.534. The van der Waals surface area contributed by atoms with Gasteiger partial charge in [0.15, 0.2) is 9.84 Å². The molecule has 0 aliphatic carbocycles. The number of ether oxygens (including phenoxy) is 1. The van der Waals surface area contributed by atoms with Crippen LogP contribution in [0.15, 0.2) is 53.7 Å². The summed E-state index contributed by atoms with van der Waals surface area (Å²) < 4.78 is 64.9. The molecule has 0 saturated carbocycles. The molecule has 2 aromatic heterocycles. The number of aryl methyl sites for hydroxylation is 1. The Bertz CT molecular complexity index is 1470. The lowest BCUT2D eigenvalue weighted by Gasteiger charge is -2.18. The average molecular weight is 539 g/mol. The predicted octanol–water partition coefficient (Wildman–Crippen LogP) is 2.52. The van der Waals surface area contributed by atoms with Gasteiger partial charge < -0.3 is 14.7 Å². The Hall–Kier alpha value is -3.94. The van der Waals surface area contributed by atoms with Gasteiger partial charge in [0.05, 0.1) is 17.3 Å². The van der Waals surface area contributed by atoms with E-state index in [1.165, 1.54) is 4.68 Å². The van der Waals surface area contributed by atoms with Crippen molar-refractivity contribution in [3.63, 3.8) is 0 Å². The zero-order chi connectivity index (χ0) is 27.1. The zero-order valence-electron chi connectivity index (χ0n) is 19.5. The largest absolute Gasteiger partial charge is 0.490 e. The van der Waals surface area contributed by atoms with Gasteiger partial charge in [0.1, 0.15) is 5.69 Å². The van der Waals surface area contributed by atoms with Gasteiger partial charge in [-0.25, -0.2) is 18.2 Å². The van der Waals surface area contributed by atoms with Crippen LogP contribution in [0, 0.1) is 0 Å². The molecule has 1 saturated heterocycles. The summed E-state index contributed by atoms with van der Waals surface area (Å²) in [5.74, 6) is -2.74. The second-order valence-corrected chi connectivity index (χ2v) is 10.5. The van der Waals surface area contributed by atoms with Crippen LogP contribution in [0.2, 0.25) is 0 Å². The lowest BCUT2D eigenvalue weighted by molar-refractivity contribution is -0.192. The van der Waals surface area contributed by atoms with Crippen molar-refractivity contribution in [1.82, 2.24) is 19.7 Å². The van der Waals surface area contributed by atoms with Crippen LogP contribution in [0.5, 0.6) is 5.88 Å². The fourth-order valence-electron chi connectivity index (χ4n) is 4.50. The second kappa shape index (κ2) is 9.50. The number of rotatable bonds is 3. The molecule has 1 fully saturated rings. The molecule has 37 heavy (non-hydrogen) atoms. The Kier molecular flexibility index (Phi) is 6.71. The minimum absolute atomic E-state index is 0.178. The summed E-state index contributed by atoms with van der Waals surface area (Å²) in [6, 6.07) is 10.7. The first-order chi connectivity index (χ1) is 17.4. The number of likely N-dealkylation sites (tertiary alicyclic amines) is 1. The Balaban J connectivity index is 0.000000405. The molecule has 10 nitrogen and oxygen atoms in total. The highest BCUT2D eigenvalue weighted by Crippen LogP contribution is 2.46. The van der Waals surface area contributed by atoms with Crippen molar-refractivity contribution < 1.29 is 41.0 Å². The van der Waals surface area contributed by atoms with E-state index in [9.17, 15) is 26.4 Å². The number of pyridine rings is 1. The second-order valence-electron chi connectivity index (χ2n) is 8.36. The minimum atomic E-state index is -5.08. The van der Waals surface area contributed by atoms with Gasteiger partial charge in [0.2, 0.25) is 5.88 Å². The highest BCUT2D eigenvalue weighted by molar-refractivity contribution is 7.92. The molecule has 5 rings (SSSR count). The van der Waals surface area contributed by atoms with Crippen molar-refractivity contribution in [2.24, 2.45) is 7.05 Å². The molecule has 1 N–H and O–H groups in total. The third-order valence-corrected chi connectivity index (χ3v) is 8.49. The molecular formula is C23H21F3N4O6S. The van der Waals surface area contributed by atoms with E-state index in [2.05, 4.69) is 10.1 Å². The van der Waals surface area contributed by atoms with Crippen LogP contribution in [-0.4, -0.2) is 76.7 Å². The van der Waals surface area contributed by atoms with Crippen LogP contribution < -0.4 is 4.74 Å². The van der Waals surface area contributed by atoms with Gasteiger partial charge in [-0.1, -0.05) is 6.07 Å². The minimum Gasteiger partial charge on any atom is -0.481 e. The number of amides is 1. The molecule has 2 aliphatic heterocycles. The van der Waals surface area contributed by atoms with E-state index in [0.717, 1.165) is 16.7 Å². The molecule has 2 atom stereocenters. The Labute approximate surface area is 209 Å². The van der Waals surface area contributed by atoms with E-state index in [-0.39, 0.29) is 18.4 Å². The number of methoxy groups -OCH3 is 1. The molecule has 2 unspecified atom stereocenters. The topological polar surface area (TPSA) is 132 Å². The molecule has 0 bridgehead atoms. The first-order valence-electron chi connectivity index (χ1n) is 10.8. The van der Waals surface area contributed by atoms with Gasteiger partial charge >= 0.3 is 12.1 Å².